The first kappa shape index (κ1) is 12.9. The van der Waals surface area contributed by atoms with Crippen molar-refractivity contribution >= 4 is 11.3 Å². The minimum Gasteiger partial charge on any atom is -0.312 e. The van der Waals surface area contributed by atoms with E-state index in [2.05, 4.69) is 58.9 Å². The molecule has 0 aliphatic carbocycles. The van der Waals surface area contributed by atoms with E-state index in [9.17, 15) is 0 Å². The molecule has 2 aromatic rings. The van der Waals surface area contributed by atoms with Crippen molar-refractivity contribution < 1.29 is 0 Å². The van der Waals surface area contributed by atoms with E-state index in [4.69, 9.17) is 0 Å². The van der Waals surface area contributed by atoms with Gasteiger partial charge in [0.25, 0.3) is 0 Å². The van der Waals surface area contributed by atoms with Gasteiger partial charge >= 0.3 is 0 Å². The molecule has 3 rings (SSSR count). The summed E-state index contributed by atoms with van der Waals surface area (Å²) in [6.45, 7) is 6.76. The number of benzene rings is 1. The van der Waals surface area contributed by atoms with Crippen LogP contribution in [-0.2, 0) is 6.54 Å². The predicted octanol–water partition coefficient (Wildman–Crippen LogP) is 3.21. The van der Waals surface area contributed by atoms with Gasteiger partial charge in [-0.05, 0) is 29.5 Å². The van der Waals surface area contributed by atoms with Crippen molar-refractivity contribution in [3.8, 4) is 11.1 Å². The fourth-order valence-corrected chi connectivity index (χ4v) is 3.56. The molecule has 2 nitrogen and oxygen atoms in total. The Bertz CT molecular complexity index is 521. The summed E-state index contributed by atoms with van der Waals surface area (Å²) < 4.78 is 0. The number of thiophene rings is 1. The number of nitrogens with zero attached hydrogens (tertiary/aromatic N) is 1. The normalized spacial score (nSPS) is 20.6. The Hall–Kier alpha value is -1.16. The molecular weight excluding hydrogens is 252 g/mol. The molecule has 19 heavy (non-hydrogen) atoms. The lowest BCUT2D eigenvalue weighted by Crippen LogP contribution is -2.48. The lowest BCUT2D eigenvalue weighted by atomic mass is 10.1. The summed E-state index contributed by atoms with van der Waals surface area (Å²) in [7, 11) is 0. The van der Waals surface area contributed by atoms with Gasteiger partial charge in [0.15, 0.2) is 0 Å². The average Bonchev–Trinajstić information content (AvgIpc) is 2.88. The Balaban J connectivity index is 1.68. The van der Waals surface area contributed by atoms with Crippen LogP contribution in [0.4, 0.5) is 0 Å². The maximum Gasteiger partial charge on any atom is 0.0329 e. The second-order valence-corrected chi connectivity index (χ2v) is 6.25. The molecule has 1 aliphatic rings. The van der Waals surface area contributed by atoms with Crippen LogP contribution in [0.3, 0.4) is 0 Å². The molecule has 1 atom stereocenters. The zero-order valence-corrected chi connectivity index (χ0v) is 12.1. The van der Waals surface area contributed by atoms with Crippen molar-refractivity contribution in [3.05, 3.63) is 46.7 Å². The lowest BCUT2D eigenvalue weighted by molar-refractivity contribution is 0.201. The lowest BCUT2D eigenvalue weighted by Gasteiger charge is -2.31. The van der Waals surface area contributed by atoms with E-state index >= 15 is 0 Å². The minimum absolute atomic E-state index is 0.613. The Morgan fingerprint density at radius 3 is 2.89 bits per heavy atom. The maximum absolute atomic E-state index is 3.49. The molecule has 0 spiro atoms. The summed E-state index contributed by atoms with van der Waals surface area (Å²) in [6.07, 6.45) is 0. The van der Waals surface area contributed by atoms with Crippen LogP contribution in [0.1, 0.15) is 11.8 Å². The Morgan fingerprint density at radius 2 is 2.11 bits per heavy atom. The molecule has 0 saturated carbocycles. The van der Waals surface area contributed by atoms with E-state index in [0.717, 1.165) is 26.2 Å². The van der Waals surface area contributed by atoms with Crippen LogP contribution in [0.2, 0.25) is 0 Å². The van der Waals surface area contributed by atoms with E-state index in [1.165, 1.54) is 16.0 Å². The van der Waals surface area contributed by atoms with E-state index in [1.807, 2.05) is 11.3 Å². The summed E-state index contributed by atoms with van der Waals surface area (Å²) in [5.74, 6) is 0. The zero-order chi connectivity index (χ0) is 13.1. The number of hydrogen-bond acceptors (Lipinski definition) is 3. The van der Waals surface area contributed by atoms with Gasteiger partial charge in [-0.15, -0.1) is 11.3 Å². The number of rotatable bonds is 3. The van der Waals surface area contributed by atoms with Crippen LogP contribution in [0.15, 0.2) is 41.8 Å². The smallest absolute Gasteiger partial charge is 0.0329 e. The first-order valence-corrected chi connectivity index (χ1v) is 7.78. The molecule has 0 unspecified atom stereocenters. The zero-order valence-electron chi connectivity index (χ0n) is 11.3. The van der Waals surface area contributed by atoms with Gasteiger partial charge in [0.2, 0.25) is 0 Å². The van der Waals surface area contributed by atoms with E-state index in [-0.39, 0.29) is 0 Å². The second kappa shape index (κ2) is 5.87. The van der Waals surface area contributed by atoms with Crippen LogP contribution >= 0.6 is 11.3 Å². The molecule has 0 radical (unpaired) electrons. The molecule has 100 valence electrons. The number of piperazine rings is 1. The highest BCUT2D eigenvalue weighted by atomic mass is 32.1. The number of nitrogens with one attached hydrogen (secondary N) is 1. The molecule has 1 N–H and O–H groups in total. The predicted molar refractivity (Wildman–Crippen MR) is 82.5 cm³/mol. The summed E-state index contributed by atoms with van der Waals surface area (Å²) in [6, 6.07) is 13.6. The molecule has 3 heteroatoms. The molecular formula is C16H20N2S. The molecule has 1 aromatic carbocycles. The van der Waals surface area contributed by atoms with E-state index in [0.29, 0.717) is 6.04 Å². The molecule has 0 bridgehead atoms. The van der Waals surface area contributed by atoms with Crippen LogP contribution < -0.4 is 5.32 Å². The number of hydrogen-bond donors (Lipinski definition) is 1. The first-order chi connectivity index (χ1) is 9.31. The standard InChI is InChI=1S/C16H20N2S/c1-13-10-18(8-7-17-13)11-16-9-15(12-19-16)14-5-3-2-4-6-14/h2-6,9,12-13,17H,7-8,10-11H2,1H3/t13-/m0/s1. The highest BCUT2D eigenvalue weighted by Gasteiger charge is 2.16. The summed E-state index contributed by atoms with van der Waals surface area (Å²) in [4.78, 5) is 4.01. The van der Waals surface area contributed by atoms with Gasteiger partial charge in [0.1, 0.15) is 0 Å². The molecule has 1 fully saturated rings. The van der Waals surface area contributed by atoms with Crippen molar-refractivity contribution in [2.45, 2.75) is 19.5 Å². The second-order valence-electron chi connectivity index (χ2n) is 5.26. The van der Waals surface area contributed by atoms with Crippen molar-refractivity contribution in [3.63, 3.8) is 0 Å². The van der Waals surface area contributed by atoms with Gasteiger partial charge in [-0.3, -0.25) is 4.90 Å². The third kappa shape index (κ3) is 3.24. The maximum atomic E-state index is 3.49. The van der Waals surface area contributed by atoms with Crippen LogP contribution in [0, 0.1) is 0 Å². The molecule has 1 aromatic heterocycles. The third-order valence-corrected chi connectivity index (χ3v) is 4.51. The fraction of sp³-hybridized carbons (Fsp3) is 0.375. The van der Waals surface area contributed by atoms with E-state index in [1.54, 1.807) is 0 Å². The molecule has 2 heterocycles. The molecule has 1 saturated heterocycles. The molecule has 1 aliphatic heterocycles. The van der Waals surface area contributed by atoms with Gasteiger partial charge in [-0.25, -0.2) is 0 Å². The van der Waals surface area contributed by atoms with E-state index < -0.39 is 0 Å². The molecule has 0 amide bonds. The van der Waals surface area contributed by atoms with Crippen LogP contribution in [-0.4, -0.2) is 30.6 Å². The van der Waals surface area contributed by atoms with Gasteiger partial charge in [-0.2, -0.15) is 0 Å². The van der Waals surface area contributed by atoms with Crippen molar-refractivity contribution in [1.82, 2.24) is 10.2 Å². The Kier molecular flexibility index (Phi) is 3.97. The van der Waals surface area contributed by atoms with Gasteiger partial charge in [0.05, 0.1) is 0 Å². The minimum atomic E-state index is 0.613. The summed E-state index contributed by atoms with van der Waals surface area (Å²) in [5.41, 5.74) is 2.67. The topological polar surface area (TPSA) is 15.3 Å². The van der Waals surface area contributed by atoms with Crippen LogP contribution in [0.25, 0.3) is 11.1 Å². The van der Waals surface area contributed by atoms with Crippen LogP contribution in [0.5, 0.6) is 0 Å². The SMILES string of the molecule is C[C@H]1CN(Cc2cc(-c3ccccc3)cs2)CCN1. The third-order valence-electron chi connectivity index (χ3n) is 3.59. The first-order valence-electron chi connectivity index (χ1n) is 6.90. The van der Waals surface area contributed by atoms with Crippen molar-refractivity contribution in [2.24, 2.45) is 0 Å². The summed E-state index contributed by atoms with van der Waals surface area (Å²) >= 11 is 1.88. The Morgan fingerprint density at radius 1 is 1.26 bits per heavy atom. The van der Waals surface area contributed by atoms with Crippen molar-refractivity contribution in [2.75, 3.05) is 19.6 Å². The van der Waals surface area contributed by atoms with Gasteiger partial charge < -0.3 is 5.32 Å². The largest absolute Gasteiger partial charge is 0.312 e. The monoisotopic (exact) mass is 272 g/mol. The van der Waals surface area contributed by atoms with Gasteiger partial charge in [-0.1, -0.05) is 30.3 Å². The fourth-order valence-electron chi connectivity index (χ4n) is 2.62. The summed E-state index contributed by atoms with van der Waals surface area (Å²) in [5, 5.41) is 5.76. The van der Waals surface area contributed by atoms with Crippen molar-refractivity contribution in [1.29, 1.82) is 0 Å². The Labute approximate surface area is 119 Å². The highest BCUT2D eigenvalue weighted by molar-refractivity contribution is 7.10. The quantitative estimate of drug-likeness (QED) is 0.923. The highest BCUT2D eigenvalue weighted by Crippen LogP contribution is 2.26. The average molecular weight is 272 g/mol. The van der Waals surface area contributed by atoms with Gasteiger partial charge in [0, 0.05) is 37.1 Å².